The van der Waals surface area contributed by atoms with Gasteiger partial charge in [0.15, 0.2) is 0 Å². The van der Waals surface area contributed by atoms with Gasteiger partial charge in [-0.15, -0.1) is 0 Å². The number of nitrogens with one attached hydrogen (secondary N) is 2. The maximum Gasteiger partial charge on any atom is 0.253 e. The Morgan fingerprint density at radius 1 is 1.02 bits per heavy atom. The van der Waals surface area contributed by atoms with E-state index in [0.717, 1.165) is 77.7 Å². The van der Waals surface area contributed by atoms with Crippen LogP contribution in [0.15, 0.2) is 73.4 Å². The number of hydrogen-bond acceptors (Lipinski definition) is 9. The molecule has 6 rings (SSSR count). The van der Waals surface area contributed by atoms with Crippen LogP contribution in [0.25, 0.3) is 16.6 Å². The fraction of sp³-hybridized carbons (Fsp3) is 0.294. The number of anilines is 2. The summed E-state index contributed by atoms with van der Waals surface area (Å²) >= 11 is 0. The number of aliphatic hydroxyl groups excluding tert-OH is 1. The molecule has 1 amide bonds. The van der Waals surface area contributed by atoms with Crippen molar-refractivity contribution in [2.45, 2.75) is 20.3 Å². The van der Waals surface area contributed by atoms with Gasteiger partial charge in [-0.2, -0.15) is 0 Å². The molecule has 1 fully saturated rings. The van der Waals surface area contributed by atoms with E-state index in [0.29, 0.717) is 30.1 Å². The largest absolute Gasteiger partial charge is 0.455 e. The summed E-state index contributed by atoms with van der Waals surface area (Å²) in [5.74, 6) is 1.92. The van der Waals surface area contributed by atoms with Crippen LogP contribution >= 0.6 is 0 Å². The van der Waals surface area contributed by atoms with Crippen molar-refractivity contribution in [1.29, 1.82) is 0 Å². The molecule has 232 valence electrons. The summed E-state index contributed by atoms with van der Waals surface area (Å²) in [6.07, 6.45) is 7.34. The fourth-order valence-electron chi connectivity index (χ4n) is 5.34. The van der Waals surface area contributed by atoms with Crippen molar-refractivity contribution in [2.75, 3.05) is 51.3 Å². The van der Waals surface area contributed by atoms with Crippen LogP contribution in [-0.4, -0.2) is 81.4 Å². The Labute approximate surface area is 261 Å². The summed E-state index contributed by atoms with van der Waals surface area (Å²) in [4.78, 5) is 28.7. The van der Waals surface area contributed by atoms with Crippen molar-refractivity contribution in [3.8, 4) is 17.2 Å². The number of pyridine rings is 1. The summed E-state index contributed by atoms with van der Waals surface area (Å²) in [6, 6.07) is 15.6. The predicted molar refractivity (Wildman–Crippen MR) is 173 cm³/mol. The van der Waals surface area contributed by atoms with Gasteiger partial charge in [0.25, 0.3) is 5.91 Å². The number of hydrogen-bond donors (Lipinski definition) is 3. The number of aromatic nitrogens is 4. The number of rotatable bonds is 11. The van der Waals surface area contributed by atoms with Crippen LogP contribution < -0.4 is 15.4 Å². The Morgan fingerprint density at radius 2 is 1.89 bits per heavy atom. The van der Waals surface area contributed by atoms with Crippen LogP contribution in [0.5, 0.6) is 11.5 Å². The van der Waals surface area contributed by atoms with E-state index >= 15 is 0 Å². The predicted octanol–water partition coefficient (Wildman–Crippen LogP) is 4.57. The zero-order chi connectivity index (χ0) is 31.2. The zero-order valence-corrected chi connectivity index (χ0v) is 25.5. The average molecular weight is 608 g/mol. The van der Waals surface area contributed by atoms with Gasteiger partial charge in [-0.3, -0.25) is 14.7 Å². The van der Waals surface area contributed by atoms with Crippen LogP contribution in [0.1, 0.15) is 27.2 Å². The maximum absolute atomic E-state index is 13.2. The molecule has 0 spiro atoms. The molecule has 3 N–H and O–H groups in total. The fourth-order valence-corrected chi connectivity index (χ4v) is 5.34. The zero-order valence-electron chi connectivity index (χ0n) is 25.5. The molecule has 1 aliphatic heterocycles. The Bertz CT molecular complexity index is 1780. The van der Waals surface area contributed by atoms with Gasteiger partial charge < -0.3 is 29.8 Å². The van der Waals surface area contributed by atoms with Crippen LogP contribution in [0.2, 0.25) is 0 Å². The lowest BCUT2D eigenvalue weighted by molar-refractivity contribution is 0.0383. The number of aliphatic hydroxyl groups is 1. The highest BCUT2D eigenvalue weighted by Crippen LogP contribution is 2.30. The standard InChI is InChI=1S/C34H37N7O4/c1-23-17-26(4-8-32(23)45-28-6-3-24(2)36-19-28)39-33-29-18-27(5-7-31(29)37-22-38-33)41-20-25(9-14-42)30(21-41)34(43)35-10-11-40-12-15-44-16-13-40/h3-8,17-22,42H,9-16H2,1-2H3,(H,35,43)(H,37,38,39). The molecule has 0 atom stereocenters. The van der Waals surface area contributed by atoms with E-state index in [1.165, 1.54) is 6.33 Å². The highest BCUT2D eigenvalue weighted by molar-refractivity contribution is 5.96. The van der Waals surface area contributed by atoms with Crippen LogP contribution in [0.4, 0.5) is 11.5 Å². The lowest BCUT2D eigenvalue weighted by atomic mass is 10.1. The highest BCUT2D eigenvalue weighted by atomic mass is 16.5. The van der Waals surface area contributed by atoms with Crippen molar-refractivity contribution in [3.63, 3.8) is 0 Å². The molecule has 2 aromatic carbocycles. The van der Waals surface area contributed by atoms with Gasteiger partial charge in [-0.05, 0) is 79.9 Å². The smallest absolute Gasteiger partial charge is 0.253 e. The van der Waals surface area contributed by atoms with Gasteiger partial charge in [0.05, 0.1) is 30.5 Å². The summed E-state index contributed by atoms with van der Waals surface area (Å²) in [6.45, 7) is 8.37. The summed E-state index contributed by atoms with van der Waals surface area (Å²) in [5, 5.41) is 17.0. The maximum atomic E-state index is 13.2. The molecule has 0 saturated carbocycles. The molecule has 5 aromatic rings. The van der Waals surface area contributed by atoms with E-state index in [-0.39, 0.29) is 12.5 Å². The molecule has 1 saturated heterocycles. The molecule has 45 heavy (non-hydrogen) atoms. The van der Waals surface area contributed by atoms with Gasteiger partial charge >= 0.3 is 0 Å². The molecule has 4 heterocycles. The molecule has 0 aliphatic carbocycles. The molecular formula is C34H37N7O4. The van der Waals surface area contributed by atoms with Crippen molar-refractivity contribution >= 4 is 28.3 Å². The van der Waals surface area contributed by atoms with E-state index in [4.69, 9.17) is 9.47 Å². The van der Waals surface area contributed by atoms with E-state index in [9.17, 15) is 9.90 Å². The summed E-state index contributed by atoms with van der Waals surface area (Å²) in [7, 11) is 0. The molecule has 0 bridgehead atoms. The first kappa shape index (κ1) is 30.2. The van der Waals surface area contributed by atoms with Gasteiger partial charge in [-0.1, -0.05) is 0 Å². The van der Waals surface area contributed by atoms with E-state index < -0.39 is 0 Å². The van der Waals surface area contributed by atoms with Gasteiger partial charge in [0.2, 0.25) is 0 Å². The second kappa shape index (κ2) is 13.9. The molecule has 0 unspecified atom stereocenters. The van der Waals surface area contributed by atoms with Gasteiger partial charge in [0, 0.05) is 67.6 Å². The quantitative estimate of drug-likeness (QED) is 0.198. The average Bonchev–Trinajstić information content (AvgIpc) is 3.48. The first-order valence-electron chi connectivity index (χ1n) is 15.1. The second-order valence-electron chi connectivity index (χ2n) is 11.1. The Balaban J connectivity index is 1.20. The second-order valence-corrected chi connectivity index (χ2v) is 11.1. The van der Waals surface area contributed by atoms with Crippen LogP contribution in [0.3, 0.4) is 0 Å². The number of aryl methyl sites for hydroxylation is 2. The van der Waals surface area contributed by atoms with E-state index in [1.54, 1.807) is 6.20 Å². The van der Waals surface area contributed by atoms with Crippen LogP contribution in [-0.2, 0) is 11.2 Å². The van der Waals surface area contributed by atoms with Crippen molar-refractivity contribution in [2.24, 2.45) is 0 Å². The van der Waals surface area contributed by atoms with Crippen molar-refractivity contribution < 1.29 is 19.4 Å². The minimum atomic E-state index is -0.154. The first-order valence-corrected chi connectivity index (χ1v) is 15.1. The summed E-state index contributed by atoms with van der Waals surface area (Å²) < 4.78 is 13.3. The third-order valence-electron chi connectivity index (χ3n) is 7.82. The Hall–Kier alpha value is -4.84. The van der Waals surface area contributed by atoms with E-state index in [1.807, 2.05) is 79.3 Å². The SMILES string of the molecule is Cc1ccc(Oc2ccc(Nc3ncnc4ccc(-n5cc(CCO)c(C(=O)NCCN6CCOCC6)c5)cc34)cc2C)cn1. The highest BCUT2D eigenvalue weighted by Gasteiger charge is 2.17. The summed E-state index contributed by atoms with van der Waals surface area (Å²) in [5.41, 5.74) is 5.70. The number of ether oxygens (including phenoxy) is 2. The minimum absolute atomic E-state index is 0.0527. The first-order chi connectivity index (χ1) is 22.0. The Morgan fingerprint density at radius 3 is 2.67 bits per heavy atom. The Kier molecular flexibility index (Phi) is 9.30. The third kappa shape index (κ3) is 7.28. The number of morpholine rings is 1. The van der Waals surface area contributed by atoms with Gasteiger partial charge in [-0.25, -0.2) is 9.97 Å². The molecule has 0 radical (unpaired) electrons. The lowest BCUT2D eigenvalue weighted by Crippen LogP contribution is -2.41. The number of benzene rings is 2. The van der Waals surface area contributed by atoms with Crippen molar-refractivity contribution in [1.82, 2.24) is 29.7 Å². The number of amides is 1. The number of carbonyl (C=O) groups excluding carboxylic acids is 1. The topological polar surface area (TPSA) is 127 Å². The molecule has 11 nitrogen and oxygen atoms in total. The minimum Gasteiger partial charge on any atom is -0.455 e. The van der Waals surface area contributed by atoms with Crippen molar-refractivity contribution in [3.05, 3.63) is 95.8 Å². The monoisotopic (exact) mass is 607 g/mol. The molecule has 3 aromatic heterocycles. The molecular weight excluding hydrogens is 570 g/mol. The number of nitrogens with zero attached hydrogens (tertiary/aromatic N) is 5. The number of fused-ring (bicyclic) bond motifs is 1. The number of carbonyl (C=O) groups is 1. The molecule has 11 heteroatoms. The van der Waals surface area contributed by atoms with Gasteiger partial charge in [0.1, 0.15) is 23.6 Å². The lowest BCUT2D eigenvalue weighted by Gasteiger charge is -2.26. The van der Waals surface area contributed by atoms with Crippen LogP contribution in [0, 0.1) is 13.8 Å². The normalized spacial score (nSPS) is 13.6. The molecule has 1 aliphatic rings. The third-order valence-corrected chi connectivity index (χ3v) is 7.82. The van der Waals surface area contributed by atoms with E-state index in [2.05, 4.69) is 30.5 Å².